The highest BCUT2D eigenvalue weighted by Gasteiger charge is 2.41. The highest BCUT2D eigenvalue weighted by atomic mass is 16.5. The number of fused-ring (bicyclic) bond motifs is 1. The average Bonchev–Trinajstić information content (AvgIpc) is 2.89. The van der Waals surface area contributed by atoms with Gasteiger partial charge in [-0.2, -0.15) is 0 Å². The molecule has 2 aliphatic heterocycles. The summed E-state index contributed by atoms with van der Waals surface area (Å²) in [6.45, 7) is 4.01. The zero-order valence-electron chi connectivity index (χ0n) is 11.3. The zero-order valence-corrected chi connectivity index (χ0v) is 11.3. The first kappa shape index (κ1) is 13.1. The van der Waals surface area contributed by atoms with Crippen LogP contribution in [0.1, 0.15) is 38.5 Å². The average molecular weight is 243 g/mol. The summed E-state index contributed by atoms with van der Waals surface area (Å²) in [7, 11) is 12.8. The molecule has 0 aromatic heterocycles. The quantitative estimate of drug-likeness (QED) is 0.697. The fourth-order valence-electron chi connectivity index (χ4n) is 4.12. The van der Waals surface area contributed by atoms with Crippen LogP contribution in [0.15, 0.2) is 0 Å². The van der Waals surface area contributed by atoms with Gasteiger partial charge in [0.25, 0.3) is 0 Å². The monoisotopic (exact) mass is 243 g/mol. The van der Waals surface area contributed by atoms with Gasteiger partial charge in [0.05, 0.1) is 15.7 Å². The highest BCUT2D eigenvalue weighted by Crippen LogP contribution is 2.40. The molecule has 0 aromatic carbocycles. The summed E-state index contributed by atoms with van der Waals surface area (Å²) in [6.07, 6.45) is 7.35. The molecule has 2 atom stereocenters. The normalized spacial score (nSPS) is 34.9. The number of hydrogen-bond donors (Lipinski definition) is 0. The van der Waals surface area contributed by atoms with Gasteiger partial charge in [0, 0.05) is 26.3 Å². The third kappa shape index (κ3) is 2.65. The van der Waals surface area contributed by atoms with Crippen molar-refractivity contribution >= 4 is 15.7 Å². The van der Waals surface area contributed by atoms with Crippen molar-refractivity contribution in [1.82, 2.24) is 4.90 Å². The fraction of sp³-hybridized carbons (Fsp3) is 1.00. The Bertz CT molecular complexity index is 280. The van der Waals surface area contributed by atoms with Crippen LogP contribution in [0, 0.1) is 17.8 Å². The second kappa shape index (κ2) is 5.20. The molecule has 0 N–H and O–H groups in total. The van der Waals surface area contributed by atoms with E-state index in [1.165, 1.54) is 19.3 Å². The number of rotatable bonds is 3. The van der Waals surface area contributed by atoms with Gasteiger partial charge >= 0.3 is 0 Å². The lowest BCUT2D eigenvalue weighted by atomic mass is 9.56. The lowest BCUT2D eigenvalue weighted by Crippen LogP contribution is -2.50. The van der Waals surface area contributed by atoms with Gasteiger partial charge in [-0.15, -0.1) is 0 Å². The lowest BCUT2D eigenvalue weighted by Gasteiger charge is -2.41. The summed E-state index contributed by atoms with van der Waals surface area (Å²) in [4.78, 5) is 2.36. The Morgan fingerprint density at radius 1 is 1.00 bits per heavy atom. The SMILES string of the molecule is [B]C([B])(CC1CCOCC1)N1CC2CCCC2C1. The molecule has 1 saturated carbocycles. The van der Waals surface area contributed by atoms with Crippen LogP contribution < -0.4 is 0 Å². The van der Waals surface area contributed by atoms with Crippen molar-refractivity contribution in [3.8, 4) is 0 Å². The van der Waals surface area contributed by atoms with Crippen molar-refractivity contribution in [3.63, 3.8) is 0 Å². The maximum atomic E-state index is 6.42. The van der Waals surface area contributed by atoms with Crippen LogP contribution in [-0.2, 0) is 4.74 Å². The maximum absolute atomic E-state index is 6.42. The van der Waals surface area contributed by atoms with E-state index in [1.807, 2.05) is 0 Å². The summed E-state index contributed by atoms with van der Waals surface area (Å²) in [6, 6.07) is 0. The molecule has 0 spiro atoms. The zero-order chi connectivity index (χ0) is 12.6. The number of ether oxygens (including phenoxy) is 1. The molecular formula is C14H23B2NO. The minimum absolute atomic E-state index is 0.591. The van der Waals surface area contributed by atoms with Crippen LogP contribution in [0.2, 0.25) is 0 Å². The standard InChI is InChI=1S/C14H23B2NO/c15-14(16,8-11-4-6-18-7-5-11)17-9-12-2-1-3-13(12)10-17/h11-13H,1-10H2. The fourth-order valence-corrected chi connectivity index (χ4v) is 4.12. The minimum atomic E-state index is -0.591. The van der Waals surface area contributed by atoms with E-state index in [9.17, 15) is 0 Å². The van der Waals surface area contributed by atoms with Crippen LogP contribution in [-0.4, -0.2) is 52.2 Å². The molecule has 96 valence electrons. The Hall–Kier alpha value is 0.0499. The van der Waals surface area contributed by atoms with Gasteiger partial charge in [0.15, 0.2) is 0 Å². The van der Waals surface area contributed by atoms with Crippen molar-refractivity contribution in [2.24, 2.45) is 17.8 Å². The highest BCUT2D eigenvalue weighted by molar-refractivity contribution is 6.39. The Kier molecular flexibility index (Phi) is 3.77. The first-order valence-corrected chi connectivity index (χ1v) is 7.56. The smallest absolute Gasteiger partial charge is 0.0824 e. The third-order valence-electron chi connectivity index (χ3n) is 5.27. The predicted octanol–water partition coefficient (Wildman–Crippen LogP) is 1.53. The molecule has 2 unspecified atom stereocenters. The van der Waals surface area contributed by atoms with Gasteiger partial charge in [0.1, 0.15) is 0 Å². The predicted molar refractivity (Wildman–Crippen MR) is 74.8 cm³/mol. The second-order valence-corrected chi connectivity index (χ2v) is 6.61. The summed E-state index contributed by atoms with van der Waals surface area (Å²) in [5.74, 6) is 2.38. The number of hydrogen-bond acceptors (Lipinski definition) is 2. The number of likely N-dealkylation sites (tertiary alicyclic amines) is 1. The van der Waals surface area contributed by atoms with Gasteiger partial charge in [0.2, 0.25) is 0 Å². The lowest BCUT2D eigenvalue weighted by molar-refractivity contribution is 0.0554. The molecule has 3 aliphatic rings. The third-order valence-corrected chi connectivity index (χ3v) is 5.27. The number of nitrogens with zero attached hydrogens (tertiary/aromatic N) is 1. The van der Waals surface area contributed by atoms with Crippen molar-refractivity contribution in [2.75, 3.05) is 26.3 Å². The molecule has 2 nitrogen and oxygen atoms in total. The Balaban J connectivity index is 1.56. The first-order chi connectivity index (χ1) is 8.65. The van der Waals surface area contributed by atoms with Crippen LogP contribution >= 0.6 is 0 Å². The molecule has 18 heavy (non-hydrogen) atoms. The molecule has 2 saturated heterocycles. The van der Waals surface area contributed by atoms with Crippen LogP contribution in [0.5, 0.6) is 0 Å². The van der Waals surface area contributed by atoms with Crippen molar-refractivity contribution in [1.29, 1.82) is 0 Å². The summed E-state index contributed by atoms with van der Waals surface area (Å²) < 4.78 is 5.41. The second-order valence-electron chi connectivity index (χ2n) is 6.61. The van der Waals surface area contributed by atoms with E-state index < -0.39 is 5.34 Å². The molecule has 0 amide bonds. The molecule has 4 radical (unpaired) electrons. The van der Waals surface area contributed by atoms with Gasteiger partial charge in [-0.3, -0.25) is 0 Å². The van der Waals surface area contributed by atoms with E-state index in [4.69, 9.17) is 20.4 Å². The van der Waals surface area contributed by atoms with E-state index in [2.05, 4.69) is 4.90 Å². The minimum Gasteiger partial charge on any atom is -0.381 e. The topological polar surface area (TPSA) is 12.5 Å². The van der Waals surface area contributed by atoms with E-state index >= 15 is 0 Å². The maximum Gasteiger partial charge on any atom is 0.0824 e. The molecule has 4 heteroatoms. The largest absolute Gasteiger partial charge is 0.381 e. The van der Waals surface area contributed by atoms with E-state index in [-0.39, 0.29) is 0 Å². The summed E-state index contributed by atoms with van der Waals surface area (Å²) in [5, 5.41) is -0.591. The molecule has 0 bridgehead atoms. The van der Waals surface area contributed by atoms with E-state index in [0.29, 0.717) is 5.92 Å². The van der Waals surface area contributed by atoms with Crippen LogP contribution in [0.3, 0.4) is 0 Å². The molecule has 1 aliphatic carbocycles. The van der Waals surface area contributed by atoms with Crippen molar-refractivity contribution < 1.29 is 4.74 Å². The van der Waals surface area contributed by atoms with Crippen molar-refractivity contribution in [3.05, 3.63) is 0 Å². The molecular weight excluding hydrogens is 220 g/mol. The molecule has 0 aromatic rings. The molecule has 3 rings (SSSR count). The van der Waals surface area contributed by atoms with Gasteiger partial charge in [-0.05, 0) is 49.9 Å². The molecule has 2 heterocycles. The van der Waals surface area contributed by atoms with Gasteiger partial charge in [-0.25, -0.2) is 0 Å². The van der Waals surface area contributed by atoms with E-state index in [1.54, 1.807) is 0 Å². The van der Waals surface area contributed by atoms with E-state index in [0.717, 1.165) is 57.4 Å². The Morgan fingerprint density at radius 2 is 1.61 bits per heavy atom. The van der Waals surface area contributed by atoms with Gasteiger partial charge < -0.3 is 9.64 Å². The molecule has 3 fully saturated rings. The Morgan fingerprint density at radius 3 is 2.22 bits per heavy atom. The summed E-state index contributed by atoms with van der Waals surface area (Å²) >= 11 is 0. The van der Waals surface area contributed by atoms with Crippen LogP contribution in [0.4, 0.5) is 0 Å². The summed E-state index contributed by atoms with van der Waals surface area (Å²) in [5.41, 5.74) is 0. The Labute approximate surface area is 114 Å². The van der Waals surface area contributed by atoms with Gasteiger partial charge in [-0.1, -0.05) is 11.8 Å². The first-order valence-electron chi connectivity index (χ1n) is 7.56. The van der Waals surface area contributed by atoms with Crippen molar-refractivity contribution in [2.45, 2.75) is 43.9 Å². The van der Waals surface area contributed by atoms with Crippen LogP contribution in [0.25, 0.3) is 0 Å².